The van der Waals surface area contributed by atoms with Crippen molar-refractivity contribution in [2.75, 3.05) is 13.6 Å². The van der Waals surface area contributed by atoms with Crippen LogP contribution in [0.15, 0.2) is 29.3 Å². The molecular weight excluding hydrogens is 316 g/mol. The average Bonchev–Trinajstić information content (AvgIpc) is 2.82. The standard InChI is InChI=1S/C16H21ClN4S/c1-11-15(22-12(2)21-11)10-20-16(18-3)19-9-8-13-6-4-5-7-14(13)17/h4-7H,8-10H2,1-3H3,(H2,18,19,20). The van der Waals surface area contributed by atoms with Gasteiger partial charge in [0.15, 0.2) is 5.96 Å². The summed E-state index contributed by atoms with van der Waals surface area (Å²) in [6.45, 7) is 5.58. The van der Waals surface area contributed by atoms with Crippen molar-refractivity contribution >= 4 is 28.9 Å². The van der Waals surface area contributed by atoms with Gasteiger partial charge >= 0.3 is 0 Å². The fourth-order valence-electron chi connectivity index (χ4n) is 2.14. The van der Waals surface area contributed by atoms with Gasteiger partial charge in [0.25, 0.3) is 0 Å². The summed E-state index contributed by atoms with van der Waals surface area (Å²) < 4.78 is 0. The Morgan fingerprint density at radius 2 is 2.05 bits per heavy atom. The van der Waals surface area contributed by atoms with Crippen molar-refractivity contribution in [3.8, 4) is 0 Å². The van der Waals surface area contributed by atoms with E-state index in [-0.39, 0.29) is 0 Å². The minimum Gasteiger partial charge on any atom is -0.356 e. The number of aryl methyl sites for hydroxylation is 2. The lowest BCUT2D eigenvalue weighted by Crippen LogP contribution is -2.37. The molecule has 22 heavy (non-hydrogen) atoms. The number of halogens is 1. The lowest BCUT2D eigenvalue weighted by atomic mass is 10.1. The maximum absolute atomic E-state index is 6.16. The zero-order valence-electron chi connectivity index (χ0n) is 13.1. The van der Waals surface area contributed by atoms with Gasteiger partial charge in [-0.05, 0) is 31.9 Å². The largest absolute Gasteiger partial charge is 0.356 e. The topological polar surface area (TPSA) is 49.3 Å². The summed E-state index contributed by atoms with van der Waals surface area (Å²) in [5, 5.41) is 8.53. The van der Waals surface area contributed by atoms with Crippen molar-refractivity contribution < 1.29 is 0 Å². The molecule has 0 saturated carbocycles. The van der Waals surface area contributed by atoms with Gasteiger partial charge in [0, 0.05) is 23.5 Å². The lowest BCUT2D eigenvalue weighted by molar-refractivity contribution is 0.796. The zero-order chi connectivity index (χ0) is 15.9. The molecular formula is C16H21ClN4S. The third-order valence-electron chi connectivity index (χ3n) is 3.28. The van der Waals surface area contributed by atoms with E-state index < -0.39 is 0 Å². The Bertz CT molecular complexity index is 651. The molecule has 0 saturated heterocycles. The van der Waals surface area contributed by atoms with E-state index in [1.54, 1.807) is 18.4 Å². The van der Waals surface area contributed by atoms with E-state index in [4.69, 9.17) is 11.6 Å². The first-order valence-electron chi connectivity index (χ1n) is 7.21. The first-order chi connectivity index (χ1) is 10.6. The van der Waals surface area contributed by atoms with Gasteiger partial charge in [-0.15, -0.1) is 11.3 Å². The molecule has 0 fully saturated rings. The first-order valence-corrected chi connectivity index (χ1v) is 8.40. The van der Waals surface area contributed by atoms with Crippen LogP contribution in [0.3, 0.4) is 0 Å². The van der Waals surface area contributed by atoms with E-state index in [0.29, 0.717) is 0 Å². The molecule has 0 aliphatic rings. The van der Waals surface area contributed by atoms with Crippen LogP contribution in [0.2, 0.25) is 5.02 Å². The molecule has 0 radical (unpaired) electrons. The van der Waals surface area contributed by atoms with Crippen molar-refractivity contribution in [3.63, 3.8) is 0 Å². The third kappa shape index (κ3) is 4.71. The molecule has 4 nitrogen and oxygen atoms in total. The lowest BCUT2D eigenvalue weighted by Gasteiger charge is -2.12. The molecule has 0 spiro atoms. The highest BCUT2D eigenvalue weighted by Gasteiger charge is 2.06. The van der Waals surface area contributed by atoms with Crippen molar-refractivity contribution in [1.82, 2.24) is 15.6 Å². The molecule has 2 aromatic rings. The molecule has 6 heteroatoms. The van der Waals surface area contributed by atoms with Gasteiger partial charge in [-0.25, -0.2) is 4.98 Å². The number of rotatable bonds is 5. The second kappa shape index (κ2) is 8.15. The van der Waals surface area contributed by atoms with Gasteiger partial charge in [0.2, 0.25) is 0 Å². The summed E-state index contributed by atoms with van der Waals surface area (Å²) in [7, 11) is 1.77. The molecule has 0 aliphatic carbocycles. The predicted octanol–water partition coefficient (Wildman–Crippen LogP) is 3.32. The fourth-order valence-corrected chi connectivity index (χ4v) is 3.25. The highest BCUT2D eigenvalue weighted by Crippen LogP contribution is 2.16. The molecule has 0 atom stereocenters. The van der Waals surface area contributed by atoms with Crippen LogP contribution in [0.1, 0.15) is 21.1 Å². The zero-order valence-corrected chi connectivity index (χ0v) is 14.7. The van der Waals surface area contributed by atoms with Crippen LogP contribution in [0.5, 0.6) is 0 Å². The van der Waals surface area contributed by atoms with Crippen LogP contribution in [0, 0.1) is 13.8 Å². The average molecular weight is 337 g/mol. The van der Waals surface area contributed by atoms with Gasteiger partial charge < -0.3 is 10.6 Å². The number of nitrogens with one attached hydrogen (secondary N) is 2. The molecule has 0 aliphatic heterocycles. The highest BCUT2D eigenvalue weighted by atomic mass is 35.5. The third-order valence-corrected chi connectivity index (χ3v) is 4.73. The van der Waals surface area contributed by atoms with Crippen LogP contribution in [0.4, 0.5) is 0 Å². The van der Waals surface area contributed by atoms with Gasteiger partial charge in [-0.3, -0.25) is 4.99 Å². The molecule has 1 heterocycles. The number of thiazole rings is 1. The maximum Gasteiger partial charge on any atom is 0.191 e. The summed E-state index contributed by atoms with van der Waals surface area (Å²) in [5.74, 6) is 0.789. The Labute approximate surface area is 140 Å². The Morgan fingerprint density at radius 1 is 1.27 bits per heavy atom. The second-order valence-electron chi connectivity index (χ2n) is 4.94. The molecule has 1 aromatic carbocycles. The Morgan fingerprint density at radius 3 is 2.68 bits per heavy atom. The SMILES string of the molecule is CN=C(NCCc1ccccc1Cl)NCc1sc(C)nc1C. The molecule has 0 amide bonds. The summed E-state index contributed by atoms with van der Waals surface area (Å²) in [6.07, 6.45) is 0.860. The predicted molar refractivity (Wildman–Crippen MR) is 94.9 cm³/mol. The number of guanidine groups is 1. The molecule has 2 rings (SSSR count). The van der Waals surface area contributed by atoms with Crippen LogP contribution < -0.4 is 10.6 Å². The van der Waals surface area contributed by atoms with E-state index in [9.17, 15) is 0 Å². The Kier molecular flexibility index (Phi) is 6.21. The molecule has 118 valence electrons. The van der Waals surface area contributed by atoms with Crippen LogP contribution in [-0.2, 0) is 13.0 Å². The number of benzene rings is 1. The van der Waals surface area contributed by atoms with Crippen LogP contribution in [-0.4, -0.2) is 24.5 Å². The second-order valence-corrected chi connectivity index (χ2v) is 6.63. The molecule has 2 N–H and O–H groups in total. The van der Waals surface area contributed by atoms with Gasteiger partial charge in [0.1, 0.15) is 0 Å². The van der Waals surface area contributed by atoms with E-state index in [0.717, 1.165) is 46.8 Å². The van der Waals surface area contributed by atoms with Crippen molar-refractivity contribution in [2.24, 2.45) is 4.99 Å². The Hall–Kier alpha value is -1.59. The molecule has 0 bridgehead atoms. The van der Waals surface area contributed by atoms with Crippen LogP contribution in [0.25, 0.3) is 0 Å². The van der Waals surface area contributed by atoms with Crippen LogP contribution >= 0.6 is 22.9 Å². The maximum atomic E-state index is 6.16. The van der Waals surface area contributed by atoms with Crippen molar-refractivity contribution in [2.45, 2.75) is 26.8 Å². The summed E-state index contributed by atoms with van der Waals surface area (Å²) in [6, 6.07) is 7.91. The summed E-state index contributed by atoms with van der Waals surface area (Å²) >= 11 is 7.87. The minimum absolute atomic E-state index is 0.739. The number of aromatic nitrogens is 1. The number of nitrogens with zero attached hydrogens (tertiary/aromatic N) is 2. The quantitative estimate of drug-likeness (QED) is 0.650. The Balaban J connectivity index is 1.81. The highest BCUT2D eigenvalue weighted by molar-refractivity contribution is 7.11. The smallest absolute Gasteiger partial charge is 0.191 e. The van der Waals surface area contributed by atoms with Gasteiger partial charge in [-0.2, -0.15) is 0 Å². The van der Waals surface area contributed by atoms with Crippen molar-refractivity contribution in [3.05, 3.63) is 50.4 Å². The van der Waals surface area contributed by atoms with E-state index in [2.05, 4.69) is 20.6 Å². The molecule has 1 aromatic heterocycles. The number of hydrogen-bond donors (Lipinski definition) is 2. The number of hydrogen-bond acceptors (Lipinski definition) is 3. The van der Waals surface area contributed by atoms with Gasteiger partial charge in [-0.1, -0.05) is 29.8 Å². The summed E-state index contributed by atoms with van der Waals surface area (Å²) in [5.41, 5.74) is 2.22. The van der Waals surface area contributed by atoms with E-state index in [1.807, 2.05) is 38.1 Å². The normalized spacial score (nSPS) is 11.5. The molecule has 0 unspecified atom stereocenters. The fraction of sp³-hybridized carbons (Fsp3) is 0.375. The monoisotopic (exact) mass is 336 g/mol. The van der Waals surface area contributed by atoms with Gasteiger partial charge in [0.05, 0.1) is 17.2 Å². The first kappa shape index (κ1) is 16.8. The summed E-state index contributed by atoms with van der Waals surface area (Å²) in [4.78, 5) is 9.91. The van der Waals surface area contributed by atoms with E-state index >= 15 is 0 Å². The number of aliphatic imine (C=N–C) groups is 1. The minimum atomic E-state index is 0.739. The van der Waals surface area contributed by atoms with E-state index in [1.165, 1.54) is 4.88 Å². The van der Waals surface area contributed by atoms with Crippen molar-refractivity contribution in [1.29, 1.82) is 0 Å².